The van der Waals surface area contributed by atoms with Gasteiger partial charge in [-0.2, -0.15) is 0 Å². The summed E-state index contributed by atoms with van der Waals surface area (Å²) < 4.78 is 4.43. The van der Waals surface area contributed by atoms with Crippen molar-refractivity contribution in [2.75, 3.05) is 13.7 Å². The third-order valence-electron chi connectivity index (χ3n) is 2.22. The van der Waals surface area contributed by atoms with Crippen LogP contribution in [0.15, 0.2) is 24.3 Å². The number of aryl methyl sites for hydroxylation is 1. The Kier molecular flexibility index (Phi) is 4.51. The van der Waals surface area contributed by atoms with Gasteiger partial charge in [0, 0.05) is 5.56 Å². The van der Waals surface area contributed by atoms with Crippen LogP contribution < -0.4 is 5.32 Å². The molecular formula is C12H15NO3. The summed E-state index contributed by atoms with van der Waals surface area (Å²) >= 11 is 0. The summed E-state index contributed by atoms with van der Waals surface area (Å²) in [6.45, 7) is 1.91. The van der Waals surface area contributed by atoms with Gasteiger partial charge in [-0.3, -0.25) is 9.59 Å². The van der Waals surface area contributed by atoms with Crippen molar-refractivity contribution in [3.8, 4) is 0 Å². The van der Waals surface area contributed by atoms with Gasteiger partial charge < -0.3 is 10.1 Å². The van der Waals surface area contributed by atoms with Gasteiger partial charge in [-0.1, -0.05) is 19.1 Å². The molecule has 0 aliphatic carbocycles. The van der Waals surface area contributed by atoms with E-state index < -0.39 is 5.97 Å². The van der Waals surface area contributed by atoms with Gasteiger partial charge in [0.2, 0.25) is 0 Å². The molecule has 0 saturated carbocycles. The van der Waals surface area contributed by atoms with E-state index in [2.05, 4.69) is 10.1 Å². The van der Waals surface area contributed by atoms with E-state index in [0.29, 0.717) is 5.56 Å². The first-order valence-corrected chi connectivity index (χ1v) is 5.11. The van der Waals surface area contributed by atoms with Gasteiger partial charge in [0.05, 0.1) is 7.11 Å². The zero-order valence-electron chi connectivity index (χ0n) is 9.45. The lowest BCUT2D eigenvalue weighted by Gasteiger charge is -2.05. The second-order valence-electron chi connectivity index (χ2n) is 3.31. The normalized spacial score (nSPS) is 9.62. The Labute approximate surface area is 94.6 Å². The van der Waals surface area contributed by atoms with E-state index in [1.54, 1.807) is 6.07 Å². The highest BCUT2D eigenvalue weighted by Gasteiger charge is 2.07. The third kappa shape index (κ3) is 3.38. The Balaban J connectivity index is 2.62. The Morgan fingerprint density at radius 1 is 1.38 bits per heavy atom. The number of nitrogens with one attached hydrogen (secondary N) is 1. The van der Waals surface area contributed by atoms with Crippen molar-refractivity contribution in [3.63, 3.8) is 0 Å². The first kappa shape index (κ1) is 12.2. The number of hydrogen-bond donors (Lipinski definition) is 1. The summed E-state index contributed by atoms with van der Waals surface area (Å²) in [5, 5.41) is 2.49. The number of carbonyl (C=O) groups excluding carboxylic acids is 2. The van der Waals surface area contributed by atoms with Crippen molar-refractivity contribution in [2.24, 2.45) is 0 Å². The zero-order valence-corrected chi connectivity index (χ0v) is 9.45. The molecule has 4 heteroatoms. The maximum atomic E-state index is 11.6. The number of hydrogen-bond acceptors (Lipinski definition) is 3. The molecule has 0 bridgehead atoms. The predicted molar refractivity (Wildman–Crippen MR) is 60.2 cm³/mol. The summed E-state index contributed by atoms with van der Waals surface area (Å²) in [7, 11) is 1.28. The molecule has 0 unspecified atom stereocenters. The quantitative estimate of drug-likeness (QED) is 0.776. The van der Waals surface area contributed by atoms with Crippen LogP contribution in [0.25, 0.3) is 0 Å². The van der Waals surface area contributed by atoms with Crippen molar-refractivity contribution in [3.05, 3.63) is 35.4 Å². The topological polar surface area (TPSA) is 55.4 Å². The second kappa shape index (κ2) is 5.90. The van der Waals surface area contributed by atoms with Gasteiger partial charge in [-0.15, -0.1) is 0 Å². The van der Waals surface area contributed by atoms with Crippen LogP contribution in [0.3, 0.4) is 0 Å². The molecule has 0 spiro atoms. The number of benzene rings is 1. The van der Waals surface area contributed by atoms with Gasteiger partial charge in [-0.25, -0.2) is 0 Å². The number of carbonyl (C=O) groups is 2. The molecule has 0 radical (unpaired) electrons. The van der Waals surface area contributed by atoms with Gasteiger partial charge in [0.1, 0.15) is 6.54 Å². The van der Waals surface area contributed by atoms with Crippen molar-refractivity contribution < 1.29 is 14.3 Å². The molecule has 0 aliphatic rings. The second-order valence-corrected chi connectivity index (χ2v) is 3.31. The van der Waals surface area contributed by atoms with Crippen molar-refractivity contribution in [2.45, 2.75) is 13.3 Å². The predicted octanol–water partition coefficient (Wildman–Crippen LogP) is 1.15. The Bertz CT molecular complexity index is 388. The summed E-state index contributed by atoms with van der Waals surface area (Å²) in [5.74, 6) is -0.722. The average molecular weight is 221 g/mol. The van der Waals surface area contributed by atoms with Crippen molar-refractivity contribution in [1.82, 2.24) is 5.32 Å². The van der Waals surface area contributed by atoms with Crippen LogP contribution in [-0.4, -0.2) is 25.5 Å². The molecule has 0 fully saturated rings. The molecule has 0 heterocycles. The molecule has 86 valence electrons. The minimum absolute atomic E-state index is 0.105. The van der Waals surface area contributed by atoms with Gasteiger partial charge >= 0.3 is 5.97 Å². The lowest BCUT2D eigenvalue weighted by Crippen LogP contribution is -2.30. The molecule has 1 N–H and O–H groups in total. The maximum Gasteiger partial charge on any atom is 0.325 e. The van der Waals surface area contributed by atoms with Gasteiger partial charge in [0.15, 0.2) is 0 Å². The van der Waals surface area contributed by atoms with E-state index in [4.69, 9.17) is 0 Å². The van der Waals surface area contributed by atoms with E-state index in [1.165, 1.54) is 7.11 Å². The van der Waals surface area contributed by atoms with Crippen LogP contribution in [0.4, 0.5) is 0 Å². The van der Waals surface area contributed by atoms with E-state index in [0.717, 1.165) is 12.0 Å². The molecule has 0 saturated heterocycles. The molecule has 0 aromatic heterocycles. The average Bonchev–Trinajstić information content (AvgIpc) is 2.35. The number of amides is 1. The van der Waals surface area contributed by atoms with Crippen LogP contribution in [0.2, 0.25) is 0 Å². The number of ether oxygens (including phenoxy) is 1. The minimum atomic E-state index is -0.458. The number of methoxy groups -OCH3 is 1. The summed E-state index contributed by atoms with van der Waals surface area (Å²) in [6.07, 6.45) is 0.873. The van der Waals surface area contributed by atoms with E-state index >= 15 is 0 Å². The fraction of sp³-hybridized carbons (Fsp3) is 0.333. The Morgan fingerprint density at radius 3 is 2.75 bits per heavy atom. The third-order valence-corrected chi connectivity index (χ3v) is 2.22. The zero-order chi connectivity index (χ0) is 12.0. The fourth-order valence-corrected chi connectivity index (χ4v) is 1.26. The highest BCUT2D eigenvalue weighted by atomic mass is 16.5. The molecule has 0 aliphatic heterocycles. The van der Waals surface area contributed by atoms with Crippen molar-refractivity contribution in [1.29, 1.82) is 0 Å². The number of rotatable bonds is 4. The number of esters is 1. The van der Waals surface area contributed by atoms with Crippen LogP contribution >= 0.6 is 0 Å². The monoisotopic (exact) mass is 221 g/mol. The van der Waals surface area contributed by atoms with Crippen LogP contribution in [-0.2, 0) is 16.0 Å². The molecule has 1 aromatic carbocycles. The highest BCUT2D eigenvalue weighted by Crippen LogP contribution is 2.05. The molecule has 1 amide bonds. The smallest absolute Gasteiger partial charge is 0.325 e. The summed E-state index contributed by atoms with van der Waals surface area (Å²) in [4.78, 5) is 22.4. The highest BCUT2D eigenvalue weighted by molar-refractivity contribution is 5.96. The van der Waals surface area contributed by atoms with E-state index in [-0.39, 0.29) is 12.5 Å². The lowest BCUT2D eigenvalue weighted by atomic mass is 10.1. The SMILES string of the molecule is CCc1cccc(C(=O)NCC(=O)OC)c1. The standard InChI is InChI=1S/C12H15NO3/c1-3-9-5-4-6-10(7-9)12(15)13-8-11(14)16-2/h4-7H,3,8H2,1-2H3,(H,13,15). The Morgan fingerprint density at radius 2 is 2.12 bits per heavy atom. The first-order chi connectivity index (χ1) is 7.67. The van der Waals surface area contributed by atoms with Gasteiger partial charge in [-0.05, 0) is 24.1 Å². The Hall–Kier alpha value is -1.84. The van der Waals surface area contributed by atoms with Crippen LogP contribution in [0.1, 0.15) is 22.8 Å². The summed E-state index contributed by atoms with van der Waals surface area (Å²) in [5.41, 5.74) is 1.65. The van der Waals surface area contributed by atoms with E-state index in [9.17, 15) is 9.59 Å². The molecule has 16 heavy (non-hydrogen) atoms. The molecule has 1 aromatic rings. The molecule has 4 nitrogen and oxygen atoms in total. The fourth-order valence-electron chi connectivity index (χ4n) is 1.26. The lowest BCUT2D eigenvalue weighted by molar-refractivity contribution is -0.139. The van der Waals surface area contributed by atoms with Crippen molar-refractivity contribution >= 4 is 11.9 Å². The largest absolute Gasteiger partial charge is 0.468 e. The van der Waals surface area contributed by atoms with Crippen LogP contribution in [0.5, 0.6) is 0 Å². The molecule has 0 atom stereocenters. The van der Waals surface area contributed by atoms with Gasteiger partial charge in [0.25, 0.3) is 5.91 Å². The van der Waals surface area contributed by atoms with Crippen LogP contribution in [0, 0.1) is 0 Å². The first-order valence-electron chi connectivity index (χ1n) is 5.11. The molecular weight excluding hydrogens is 206 g/mol. The molecule has 1 rings (SSSR count). The minimum Gasteiger partial charge on any atom is -0.468 e. The maximum absolute atomic E-state index is 11.6. The summed E-state index contributed by atoms with van der Waals surface area (Å²) in [6, 6.07) is 7.31. The van der Waals surface area contributed by atoms with E-state index in [1.807, 2.05) is 25.1 Å².